The Morgan fingerprint density at radius 3 is 2.65 bits per heavy atom. The van der Waals surface area contributed by atoms with Crippen molar-refractivity contribution >= 4 is 11.0 Å². The number of benzene rings is 2. The number of hydrogen-bond donors (Lipinski definition) is 1. The normalized spacial score (nSPS) is 10.9. The van der Waals surface area contributed by atoms with Gasteiger partial charge >= 0.3 is 0 Å². The molecule has 3 nitrogen and oxygen atoms in total. The van der Waals surface area contributed by atoms with Crippen LogP contribution in [-0.4, -0.2) is 0 Å². The second-order valence-corrected chi connectivity index (χ2v) is 4.54. The van der Waals surface area contributed by atoms with Gasteiger partial charge in [0.1, 0.15) is 23.8 Å². The molecule has 0 bridgehead atoms. The summed E-state index contributed by atoms with van der Waals surface area (Å²) in [5, 5.41) is 1.00. The highest BCUT2D eigenvalue weighted by atomic mass is 19.1. The summed E-state index contributed by atoms with van der Waals surface area (Å²) in [6, 6.07) is 11.8. The Morgan fingerprint density at radius 2 is 1.90 bits per heavy atom. The molecule has 1 heterocycles. The number of ether oxygens (including phenoxy) is 1. The molecule has 0 amide bonds. The lowest BCUT2D eigenvalue weighted by Gasteiger charge is -2.04. The summed E-state index contributed by atoms with van der Waals surface area (Å²) >= 11 is 0. The largest absolute Gasteiger partial charge is 0.489 e. The summed E-state index contributed by atoms with van der Waals surface area (Å²) in [5.74, 6) is 0.347. The van der Waals surface area contributed by atoms with Crippen molar-refractivity contribution in [3.8, 4) is 5.75 Å². The molecule has 0 spiro atoms. The lowest BCUT2D eigenvalue weighted by Crippen LogP contribution is -1.96. The van der Waals surface area contributed by atoms with Crippen LogP contribution in [0.25, 0.3) is 11.0 Å². The van der Waals surface area contributed by atoms with Gasteiger partial charge in [-0.3, -0.25) is 0 Å². The van der Waals surface area contributed by atoms with Gasteiger partial charge in [0.15, 0.2) is 0 Å². The second-order valence-electron chi connectivity index (χ2n) is 4.54. The summed E-state index contributed by atoms with van der Waals surface area (Å²) < 4.78 is 23.9. The van der Waals surface area contributed by atoms with Crippen molar-refractivity contribution < 1.29 is 13.5 Å². The zero-order valence-corrected chi connectivity index (χ0v) is 10.8. The molecular weight excluding hydrogens is 257 g/mol. The van der Waals surface area contributed by atoms with Gasteiger partial charge in [-0.25, -0.2) is 4.39 Å². The number of halogens is 1. The molecule has 0 aliphatic heterocycles. The van der Waals surface area contributed by atoms with Crippen molar-refractivity contribution in [1.82, 2.24) is 0 Å². The molecule has 0 saturated carbocycles. The van der Waals surface area contributed by atoms with Gasteiger partial charge in [0.05, 0.1) is 6.26 Å². The van der Waals surface area contributed by atoms with Gasteiger partial charge in [0.25, 0.3) is 0 Å². The highest BCUT2D eigenvalue weighted by Gasteiger charge is 2.07. The monoisotopic (exact) mass is 271 g/mol. The molecule has 0 fully saturated rings. The first-order valence-corrected chi connectivity index (χ1v) is 6.34. The molecule has 3 aromatic rings. The van der Waals surface area contributed by atoms with Crippen LogP contribution in [0, 0.1) is 5.82 Å². The summed E-state index contributed by atoms with van der Waals surface area (Å²) in [6.45, 7) is 0.860. The predicted molar refractivity (Wildman–Crippen MR) is 74.8 cm³/mol. The Balaban J connectivity index is 1.79. The number of fused-ring (bicyclic) bond motifs is 1. The average Bonchev–Trinajstić information content (AvgIpc) is 2.89. The molecule has 0 aliphatic carbocycles. The van der Waals surface area contributed by atoms with E-state index in [4.69, 9.17) is 14.9 Å². The fourth-order valence-corrected chi connectivity index (χ4v) is 2.06. The molecule has 2 N–H and O–H groups in total. The van der Waals surface area contributed by atoms with E-state index in [0.717, 1.165) is 22.1 Å². The summed E-state index contributed by atoms with van der Waals surface area (Å²) in [4.78, 5) is 0. The summed E-state index contributed by atoms with van der Waals surface area (Å²) in [6.07, 6.45) is 1.68. The van der Waals surface area contributed by atoms with Gasteiger partial charge in [0.2, 0.25) is 0 Å². The smallest absolute Gasteiger partial charge is 0.134 e. The first-order valence-electron chi connectivity index (χ1n) is 6.34. The minimum absolute atomic E-state index is 0.277. The van der Waals surface area contributed by atoms with Crippen molar-refractivity contribution in [3.05, 3.63) is 65.7 Å². The van der Waals surface area contributed by atoms with Gasteiger partial charge in [-0.2, -0.15) is 0 Å². The molecule has 0 radical (unpaired) electrons. The van der Waals surface area contributed by atoms with Gasteiger partial charge in [-0.05, 0) is 35.9 Å². The maximum atomic E-state index is 12.8. The van der Waals surface area contributed by atoms with E-state index in [1.165, 1.54) is 12.1 Å². The maximum Gasteiger partial charge on any atom is 0.134 e. The quantitative estimate of drug-likeness (QED) is 0.788. The van der Waals surface area contributed by atoms with E-state index in [9.17, 15) is 4.39 Å². The van der Waals surface area contributed by atoms with Crippen molar-refractivity contribution in [2.45, 2.75) is 13.2 Å². The van der Waals surface area contributed by atoms with Crippen LogP contribution in [0.5, 0.6) is 5.75 Å². The van der Waals surface area contributed by atoms with E-state index in [2.05, 4.69) is 0 Å². The van der Waals surface area contributed by atoms with Crippen LogP contribution in [0.1, 0.15) is 11.1 Å². The Kier molecular flexibility index (Phi) is 3.39. The molecule has 4 heteroatoms. The molecule has 0 saturated heterocycles. The van der Waals surface area contributed by atoms with Crippen LogP contribution >= 0.6 is 0 Å². The SMILES string of the molecule is NCc1ccc2c(COc3ccc(F)cc3)coc2c1. The van der Waals surface area contributed by atoms with Crippen molar-refractivity contribution in [2.75, 3.05) is 0 Å². The van der Waals surface area contributed by atoms with Crippen LogP contribution in [0.3, 0.4) is 0 Å². The third-order valence-corrected chi connectivity index (χ3v) is 3.16. The average molecular weight is 271 g/mol. The molecule has 2 aromatic carbocycles. The number of hydrogen-bond acceptors (Lipinski definition) is 3. The summed E-state index contributed by atoms with van der Waals surface area (Å²) in [7, 11) is 0. The summed E-state index contributed by atoms with van der Waals surface area (Å²) in [5.41, 5.74) is 8.37. The Bertz CT molecular complexity index is 719. The first-order chi connectivity index (χ1) is 9.76. The van der Waals surface area contributed by atoms with E-state index in [0.29, 0.717) is 18.9 Å². The highest BCUT2D eigenvalue weighted by Crippen LogP contribution is 2.24. The number of nitrogens with two attached hydrogens (primary N) is 1. The molecule has 20 heavy (non-hydrogen) atoms. The van der Waals surface area contributed by atoms with E-state index >= 15 is 0 Å². The Labute approximate surface area is 115 Å². The van der Waals surface area contributed by atoms with E-state index in [-0.39, 0.29) is 5.82 Å². The Morgan fingerprint density at radius 1 is 1.10 bits per heavy atom. The third-order valence-electron chi connectivity index (χ3n) is 3.16. The highest BCUT2D eigenvalue weighted by molar-refractivity contribution is 5.81. The Hall–Kier alpha value is -2.33. The van der Waals surface area contributed by atoms with Gasteiger partial charge in [-0.1, -0.05) is 12.1 Å². The zero-order valence-electron chi connectivity index (χ0n) is 10.8. The minimum atomic E-state index is -0.277. The zero-order chi connectivity index (χ0) is 13.9. The lowest BCUT2D eigenvalue weighted by molar-refractivity contribution is 0.305. The molecular formula is C16H14FNO2. The van der Waals surface area contributed by atoms with E-state index < -0.39 is 0 Å². The fourth-order valence-electron chi connectivity index (χ4n) is 2.06. The lowest BCUT2D eigenvalue weighted by atomic mass is 10.1. The third kappa shape index (κ3) is 2.51. The standard InChI is InChI=1S/C16H14FNO2/c17-13-2-4-14(5-3-13)19-9-12-10-20-16-7-11(8-18)1-6-15(12)16/h1-7,10H,8-9,18H2. The topological polar surface area (TPSA) is 48.4 Å². The minimum Gasteiger partial charge on any atom is -0.489 e. The molecule has 3 rings (SSSR count). The molecule has 0 unspecified atom stereocenters. The van der Waals surface area contributed by atoms with E-state index in [1.807, 2.05) is 18.2 Å². The van der Waals surface area contributed by atoms with Crippen molar-refractivity contribution in [3.63, 3.8) is 0 Å². The van der Waals surface area contributed by atoms with Crippen LogP contribution in [0.15, 0.2) is 53.1 Å². The number of rotatable bonds is 4. The van der Waals surface area contributed by atoms with Crippen LogP contribution in [-0.2, 0) is 13.2 Å². The second kappa shape index (κ2) is 5.35. The van der Waals surface area contributed by atoms with Gasteiger partial charge < -0.3 is 14.9 Å². The molecule has 0 aliphatic rings. The van der Waals surface area contributed by atoms with Gasteiger partial charge in [0, 0.05) is 17.5 Å². The van der Waals surface area contributed by atoms with Crippen molar-refractivity contribution in [1.29, 1.82) is 0 Å². The maximum absolute atomic E-state index is 12.8. The molecule has 102 valence electrons. The fraction of sp³-hybridized carbons (Fsp3) is 0.125. The van der Waals surface area contributed by atoms with Crippen LogP contribution in [0.4, 0.5) is 4.39 Å². The molecule has 0 atom stereocenters. The first kappa shape index (κ1) is 12.7. The van der Waals surface area contributed by atoms with Gasteiger partial charge in [-0.15, -0.1) is 0 Å². The number of furan rings is 1. The van der Waals surface area contributed by atoms with Crippen LogP contribution < -0.4 is 10.5 Å². The van der Waals surface area contributed by atoms with Crippen molar-refractivity contribution in [2.24, 2.45) is 5.73 Å². The van der Waals surface area contributed by atoms with Crippen LogP contribution in [0.2, 0.25) is 0 Å². The molecule has 1 aromatic heterocycles. The predicted octanol–water partition coefficient (Wildman–Crippen LogP) is 3.61. The van der Waals surface area contributed by atoms with E-state index in [1.54, 1.807) is 18.4 Å².